The molecule has 100 valence electrons. The van der Waals surface area contributed by atoms with Gasteiger partial charge in [0.05, 0.1) is 3.79 Å². The van der Waals surface area contributed by atoms with E-state index >= 15 is 0 Å². The highest BCUT2D eigenvalue weighted by atomic mass is 79.9. The smallest absolute Gasteiger partial charge is 0.104 e. The van der Waals surface area contributed by atoms with Gasteiger partial charge in [-0.15, -0.1) is 11.3 Å². The van der Waals surface area contributed by atoms with Crippen LogP contribution in [0.15, 0.2) is 38.6 Å². The molecule has 0 fully saturated rings. The standard InChI is InChI=1S/C13H12Br2N2S2/c14-10-7-8(13(16)18)1-3-11(10)17-6-5-9-2-4-12(15)19-9/h1-4,7,17H,5-6H2,(H2,16,18). The monoisotopic (exact) mass is 418 g/mol. The Labute approximate surface area is 138 Å². The lowest BCUT2D eigenvalue weighted by Gasteiger charge is -2.09. The Bertz CT molecular complexity index is 596. The third kappa shape index (κ3) is 4.27. The summed E-state index contributed by atoms with van der Waals surface area (Å²) in [6, 6.07) is 10.1. The molecule has 0 spiro atoms. The first-order valence-corrected chi connectivity index (χ1v) is 8.45. The highest BCUT2D eigenvalue weighted by Gasteiger charge is 2.03. The van der Waals surface area contributed by atoms with Crippen LogP contribution in [0.5, 0.6) is 0 Å². The molecular formula is C13H12Br2N2S2. The molecule has 1 aromatic carbocycles. The molecule has 0 unspecified atom stereocenters. The van der Waals surface area contributed by atoms with Gasteiger partial charge < -0.3 is 11.1 Å². The summed E-state index contributed by atoms with van der Waals surface area (Å²) in [4.78, 5) is 1.77. The van der Waals surface area contributed by atoms with E-state index in [1.165, 1.54) is 8.66 Å². The maximum absolute atomic E-state index is 5.60. The Morgan fingerprint density at radius 2 is 2.05 bits per heavy atom. The van der Waals surface area contributed by atoms with Gasteiger partial charge in [0.1, 0.15) is 4.99 Å². The predicted molar refractivity (Wildman–Crippen MR) is 94.2 cm³/mol. The van der Waals surface area contributed by atoms with Gasteiger partial charge in [-0.3, -0.25) is 0 Å². The number of rotatable bonds is 5. The highest BCUT2D eigenvalue weighted by Crippen LogP contribution is 2.25. The lowest BCUT2D eigenvalue weighted by atomic mass is 10.2. The molecule has 1 heterocycles. The van der Waals surface area contributed by atoms with E-state index in [0.29, 0.717) is 4.99 Å². The van der Waals surface area contributed by atoms with E-state index in [-0.39, 0.29) is 0 Å². The number of nitrogens with two attached hydrogens (primary N) is 1. The molecule has 0 radical (unpaired) electrons. The van der Waals surface area contributed by atoms with E-state index in [0.717, 1.165) is 28.7 Å². The molecule has 2 aromatic rings. The van der Waals surface area contributed by atoms with E-state index in [1.54, 1.807) is 11.3 Å². The average molecular weight is 420 g/mol. The molecule has 0 amide bonds. The lowest BCUT2D eigenvalue weighted by Crippen LogP contribution is -2.10. The molecule has 0 aliphatic heterocycles. The van der Waals surface area contributed by atoms with Crippen LogP contribution >= 0.6 is 55.4 Å². The molecule has 0 aliphatic carbocycles. The summed E-state index contributed by atoms with van der Waals surface area (Å²) < 4.78 is 2.15. The van der Waals surface area contributed by atoms with Gasteiger partial charge in [-0.25, -0.2) is 0 Å². The van der Waals surface area contributed by atoms with Gasteiger partial charge in [-0.05, 0) is 68.6 Å². The number of halogens is 2. The number of nitrogens with one attached hydrogen (secondary N) is 1. The van der Waals surface area contributed by atoms with Crippen LogP contribution in [0.1, 0.15) is 10.4 Å². The summed E-state index contributed by atoms with van der Waals surface area (Å²) in [5.41, 5.74) is 7.52. The number of thiophene rings is 1. The molecule has 1 aromatic heterocycles. The van der Waals surface area contributed by atoms with Gasteiger partial charge in [0.2, 0.25) is 0 Å². The van der Waals surface area contributed by atoms with Crippen LogP contribution in [0.2, 0.25) is 0 Å². The Balaban J connectivity index is 1.94. The summed E-state index contributed by atoms with van der Waals surface area (Å²) in [5.74, 6) is 0. The molecule has 0 bridgehead atoms. The van der Waals surface area contributed by atoms with E-state index in [1.807, 2.05) is 18.2 Å². The molecule has 0 aliphatic rings. The first-order valence-electron chi connectivity index (χ1n) is 5.63. The van der Waals surface area contributed by atoms with Crippen molar-refractivity contribution in [2.45, 2.75) is 6.42 Å². The first-order chi connectivity index (χ1) is 9.06. The molecule has 19 heavy (non-hydrogen) atoms. The van der Waals surface area contributed by atoms with Crippen LogP contribution in [0, 0.1) is 0 Å². The zero-order valence-electron chi connectivity index (χ0n) is 9.95. The Morgan fingerprint density at radius 1 is 1.26 bits per heavy atom. The Kier molecular flexibility index (Phi) is 5.38. The molecule has 0 saturated heterocycles. The minimum Gasteiger partial charge on any atom is -0.389 e. The van der Waals surface area contributed by atoms with Crippen molar-refractivity contribution in [2.24, 2.45) is 5.73 Å². The predicted octanol–water partition coefficient (Wildman–Crippen LogP) is 4.56. The number of thiocarbonyl (C=S) groups is 1. The summed E-state index contributed by atoms with van der Waals surface area (Å²) in [7, 11) is 0. The largest absolute Gasteiger partial charge is 0.389 e. The number of hydrogen-bond donors (Lipinski definition) is 2. The van der Waals surface area contributed by atoms with Crippen molar-refractivity contribution in [3.63, 3.8) is 0 Å². The average Bonchev–Trinajstić information content (AvgIpc) is 2.77. The van der Waals surface area contributed by atoms with Crippen molar-refractivity contribution in [3.05, 3.63) is 49.0 Å². The van der Waals surface area contributed by atoms with E-state index in [2.05, 4.69) is 49.3 Å². The minimum atomic E-state index is 0.413. The fraction of sp³-hybridized carbons (Fsp3) is 0.154. The fourth-order valence-electron chi connectivity index (χ4n) is 1.62. The second kappa shape index (κ2) is 6.83. The van der Waals surface area contributed by atoms with Gasteiger partial charge in [0.15, 0.2) is 0 Å². The van der Waals surface area contributed by atoms with Gasteiger partial charge in [0.25, 0.3) is 0 Å². The number of anilines is 1. The molecule has 6 heteroatoms. The molecule has 2 nitrogen and oxygen atoms in total. The Hall–Kier alpha value is -0.430. The summed E-state index contributed by atoms with van der Waals surface area (Å²) in [6.07, 6.45) is 1.000. The second-order valence-electron chi connectivity index (χ2n) is 3.94. The van der Waals surface area contributed by atoms with Crippen LogP contribution in [0.25, 0.3) is 0 Å². The maximum atomic E-state index is 5.60. The zero-order chi connectivity index (χ0) is 13.8. The van der Waals surface area contributed by atoms with Crippen LogP contribution in [-0.4, -0.2) is 11.5 Å². The maximum Gasteiger partial charge on any atom is 0.104 e. The van der Waals surface area contributed by atoms with E-state index < -0.39 is 0 Å². The van der Waals surface area contributed by atoms with Crippen LogP contribution in [-0.2, 0) is 6.42 Å². The van der Waals surface area contributed by atoms with Crippen molar-refractivity contribution in [1.29, 1.82) is 0 Å². The molecule has 2 rings (SSSR count). The van der Waals surface area contributed by atoms with E-state index in [9.17, 15) is 0 Å². The van der Waals surface area contributed by atoms with Crippen molar-refractivity contribution >= 4 is 66.1 Å². The normalized spacial score (nSPS) is 10.4. The lowest BCUT2D eigenvalue weighted by molar-refractivity contribution is 1.04. The topological polar surface area (TPSA) is 38.0 Å². The van der Waals surface area contributed by atoms with Crippen molar-refractivity contribution in [2.75, 3.05) is 11.9 Å². The van der Waals surface area contributed by atoms with Crippen molar-refractivity contribution in [1.82, 2.24) is 0 Å². The molecule has 0 saturated carbocycles. The number of benzene rings is 1. The third-order valence-electron chi connectivity index (χ3n) is 2.57. The van der Waals surface area contributed by atoms with Gasteiger partial charge in [-0.1, -0.05) is 12.2 Å². The molecule has 3 N–H and O–H groups in total. The van der Waals surface area contributed by atoms with Gasteiger partial charge in [0, 0.05) is 27.1 Å². The molecule has 0 atom stereocenters. The molecular weight excluding hydrogens is 408 g/mol. The first kappa shape index (κ1) is 15.0. The second-order valence-corrected chi connectivity index (χ2v) is 7.78. The van der Waals surface area contributed by atoms with Crippen LogP contribution < -0.4 is 11.1 Å². The van der Waals surface area contributed by atoms with Crippen molar-refractivity contribution in [3.8, 4) is 0 Å². The fourth-order valence-corrected chi connectivity index (χ4v) is 3.75. The SMILES string of the molecule is NC(=S)c1ccc(NCCc2ccc(Br)s2)c(Br)c1. The third-order valence-corrected chi connectivity index (χ3v) is 5.14. The number of hydrogen-bond acceptors (Lipinski definition) is 3. The quantitative estimate of drug-likeness (QED) is 0.697. The highest BCUT2D eigenvalue weighted by molar-refractivity contribution is 9.11. The summed E-state index contributed by atoms with van der Waals surface area (Å²) in [5, 5.41) is 3.40. The summed E-state index contributed by atoms with van der Waals surface area (Å²) in [6.45, 7) is 0.887. The van der Waals surface area contributed by atoms with Gasteiger partial charge in [-0.2, -0.15) is 0 Å². The van der Waals surface area contributed by atoms with Crippen LogP contribution in [0.4, 0.5) is 5.69 Å². The summed E-state index contributed by atoms with van der Waals surface area (Å²) >= 11 is 13.7. The van der Waals surface area contributed by atoms with Crippen LogP contribution in [0.3, 0.4) is 0 Å². The Morgan fingerprint density at radius 3 is 2.63 bits per heavy atom. The minimum absolute atomic E-state index is 0.413. The van der Waals surface area contributed by atoms with E-state index in [4.69, 9.17) is 18.0 Å². The van der Waals surface area contributed by atoms with Crippen molar-refractivity contribution < 1.29 is 0 Å². The van der Waals surface area contributed by atoms with Gasteiger partial charge >= 0.3 is 0 Å². The zero-order valence-corrected chi connectivity index (χ0v) is 14.8.